The Kier molecular flexibility index (Phi) is 2.21. The van der Waals surface area contributed by atoms with Gasteiger partial charge in [0.2, 0.25) is 0 Å². The van der Waals surface area contributed by atoms with Crippen molar-refractivity contribution in [3.05, 3.63) is 0 Å². The molecule has 0 bridgehead atoms. The van der Waals surface area contributed by atoms with Crippen LogP contribution in [0.15, 0.2) is 0 Å². The van der Waals surface area contributed by atoms with Crippen molar-refractivity contribution in [3.8, 4) is 0 Å². The van der Waals surface area contributed by atoms with Crippen LogP contribution in [0.4, 0.5) is 4.79 Å². The van der Waals surface area contributed by atoms with E-state index >= 15 is 0 Å². The summed E-state index contributed by atoms with van der Waals surface area (Å²) in [6.45, 7) is 2.08. The van der Waals surface area contributed by atoms with E-state index < -0.39 is 5.54 Å². The minimum atomic E-state index is -0.579. The summed E-state index contributed by atoms with van der Waals surface area (Å²) in [5.74, 6) is 0.191. The molecule has 2 aliphatic rings. The molecular formula is C10H16N2O2. The van der Waals surface area contributed by atoms with Gasteiger partial charge in [0.25, 0.3) is 5.91 Å². The third kappa shape index (κ3) is 1.21. The van der Waals surface area contributed by atoms with Gasteiger partial charge in [0, 0.05) is 0 Å². The highest BCUT2D eigenvalue weighted by Gasteiger charge is 2.51. The summed E-state index contributed by atoms with van der Waals surface area (Å²) in [7, 11) is 0. The number of urea groups is 1. The quantitative estimate of drug-likeness (QED) is 0.618. The van der Waals surface area contributed by atoms with Crippen LogP contribution in [0.2, 0.25) is 0 Å². The highest BCUT2D eigenvalue weighted by Crippen LogP contribution is 2.37. The van der Waals surface area contributed by atoms with Gasteiger partial charge >= 0.3 is 6.03 Å². The molecule has 4 heteroatoms. The monoisotopic (exact) mass is 196 g/mol. The molecule has 78 valence electrons. The van der Waals surface area contributed by atoms with Gasteiger partial charge in [-0.3, -0.25) is 10.1 Å². The van der Waals surface area contributed by atoms with E-state index in [1.165, 1.54) is 6.42 Å². The van der Waals surface area contributed by atoms with Crippen LogP contribution < -0.4 is 10.6 Å². The Hall–Kier alpha value is -1.06. The first-order valence-corrected chi connectivity index (χ1v) is 5.32. The van der Waals surface area contributed by atoms with Gasteiger partial charge in [-0.1, -0.05) is 26.2 Å². The van der Waals surface area contributed by atoms with Gasteiger partial charge in [0.15, 0.2) is 0 Å². The first-order chi connectivity index (χ1) is 6.69. The number of rotatable bonds is 1. The second kappa shape index (κ2) is 3.26. The molecule has 2 unspecified atom stereocenters. The normalized spacial score (nSPS) is 37.1. The predicted octanol–water partition coefficient (Wildman–Crippen LogP) is 1.16. The van der Waals surface area contributed by atoms with Crippen LogP contribution in [0.25, 0.3) is 0 Å². The van der Waals surface area contributed by atoms with Crippen molar-refractivity contribution in [1.29, 1.82) is 0 Å². The van der Waals surface area contributed by atoms with Crippen LogP contribution in [0.5, 0.6) is 0 Å². The van der Waals surface area contributed by atoms with Crippen molar-refractivity contribution in [1.82, 2.24) is 10.6 Å². The zero-order valence-corrected chi connectivity index (χ0v) is 8.43. The molecule has 1 saturated heterocycles. The second-order valence-electron chi connectivity index (χ2n) is 4.23. The fourth-order valence-corrected chi connectivity index (χ4v) is 2.77. The minimum Gasteiger partial charge on any atom is -0.323 e. The SMILES string of the molecule is CCC1CCCCC12NC(=O)NC2=O. The number of hydrogen-bond donors (Lipinski definition) is 2. The predicted molar refractivity (Wildman–Crippen MR) is 51.7 cm³/mol. The van der Waals surface area contributed by atoms with E-state index in [0.717, 1.165) is 25.7 Å². The number of amides is 3. The maximum absolute atomic E-state index is 11.7. The van der Waals surface area contributed by atoms with Crippen molar-refractivity contribution in [2.24, 2.45) is 5.92 Å². The Morgan fingerprint density at radius 1 is 1.43 bits per heavy atom. The molecule has 1 heterocycles. The molecule has 3 amide bonds. The fraction of sp³-hybridized carbons (Fsp3) is 0.800. The zero-order chi connectivity index (χ0) is 10.2. The van der Waals surface area contributed by atoms with Crippen molar-refractivity contribution in [2.75, 3.05) is 0 Å². The zero-order valence-electron chi connectivity index (χ0n) is 8.43. The first-order valence-electron chi connectivity index (χ1n) is 5.32. The Balaban J connectivity index is 2.26. The molecule has 0 radical (unpaired) electrons. The third-order valence-electron chi connectivity index (χ3n) is 3.53. The number of carbonyl (C=O) groups is 2. The van der Waals surface area contributed by atoms with Gasteiger partial charge in [0.05, 0.1) is 0 Å². The highest BCUT2D eigenvalue weighted by molar-refractivity contribution is 6.07. The molecule has 4 nitrogen and oxygen atoms in total. The Labute approximate surface area is 83.4 Å². The summed E-state index contributed by atoms with van der Waals surface area (Å²) in [5.41, 5.74) is -0.579. The maximum atomic E-state index is 11.7. The van der Waals surface area contributed by atoms with Crippen LogP contribution in [0, 0.1) is 5.92 Å². The maximum Gasteiger partial charge on any atom is 0.322 e. The Bertz CT molecular complexity index is 277. The van der Waals surface area contributed by atoms with E-state index in [4.69, 9.17) is 0 Å². The summed E-state index contributed by atoms with van der Waals surface area (Å²) in [4.78, 5) is 22.9. The van der Waals surface area contributed by atoms with Crippen LogP contribution >= 0.6 is 0 Å². The van der Waals surface area contributed by atoms with Gasteiger partial charge < -0.3 is 5.32 Å². The number of carbonyl (C=O) groups excluding carboxylic acids is 2. The number of nitrogens with one attached hydrogen (secondary N) is 2. The first kappa shape index (κ1) is 9.49. The lowest BCUT2D eigenvalue weighted by atomic mass is 9.71. The Morgan fingerprint density at radius 2 is 2.21 bits per heavy atom. The number of imide groups is 1. The molecule has 0 aromatic rings. The molecule has 0 aromatic carbocycles. The summed E-state index contributed by atoms with van der Waals surface area (Å²) in [6, 6.07) is -0.324. The van der Waals surface area contributed by atoms with E-state index in [9.17, 15) is 9.59 Å². The lowest BCUT2D eigenvalue weighted by Crippen LogP contribution is -2.54. The van der Waals surface area contributed by atoms with Crippen molar-refractivity contribution in [2.45, 2.75) is 44.6 Å². The minimum absolute atomic E-state index is 0.117. The molecule has 14 heavy (non-hydrogen) atoms. The molecule has 2 atom stereocenters. The summed E-state index contributed by atoms with van der Waals surface area (Å²) >= 11 is 0. The van der Waals surface area contributed by atoms with Crippen molar-refractivity contribution >= 4 is 11.9 Å². The summed E-state index contributed by atoms with van der Waals surface area (Å²) < 4.78 is 0. The van der Waals surface area contributed by atoms with E-state index in [1.54, 1.807) is 0 Å². The van der Waals surface area contributed by atoms with Crippen LogP contribution in [0.3, 0.4) is 0 Å². The van der Waals surface area contributed by atoms with E-state index in [1.807, 2.05) is 0 Å². The smallest absolute Gasteiger partial charge is 0.322 e. The van der Waals surface area contributed by atoms with Crippen LogP contribution in [-0.4, -0.2) is 17.5 Å². The lowest BCUT2D eigenvalue weighted by Gasteiger charge is -2.38. The van der Waals surface area contributed by atoms with Crippen LogP contribution in [0.1, 0.15) is 39.0 Å². The molecular weight excluding hydrogens is 180 g/mol. The van der Waals surface area contributed by atoms with E-state index in [2.05, 4.69) is 17.6 Å². The van der Waals surface area contributed by atoms with Gasteiger partial charge in [-0.2, -0.15) is 0 Å². The third-order valence-corrected chi connectivity index (χ3v) is 3.53. The molecule has 2 fully saturated rings. The number of hydrogen-bond acceptors (Lipinski definition) is 2. The molecule has 2 N–H and O–H groups in total. The fourth-order valence-electron chi connectivity index (χ4n) is 2.77. The molecule has 1 saturated carbocycles. The molecule has 1 aliphatic carbocycles. The topological polar surface area (TPSA) is 58.2 Å². The lowest BCUT2D eigenvalue weighted by molar-refractivity contribution is -0.127. The molecule has 1 aliphatic heterocycles. The van der Waals surface area contributed by atoms with Crippen molar-refractivity contribution < 1.29 is 9.59 Å². The average Bonchev–Trinajstić information content (AvgIpc) is 2.43. The Morgan fingerprint density at radius 3 is 2.79 bits per heavy atom. The van der Waals surface area contributed by atoms with Crippen molar-refractivity contribution in [3.63, 3.8) is 0 Å². The summed E-state index contributed by atoms with van der Waals surface area (Å²) in [5, 5.41) is 5.17. The van der Waals surface area contributed by atoms with Gasteiger partial charge in [-0.05, 0) is 18.8 Å². The second-order valence-corrected chi connectivity index (χ2v) is 4.23. The average molecular weight is 196 g/mol. The molecule has 1 spiro atoms. The highest BCUT2D eigenvalue weighted by atomic mass is 16.2. The van der Waals surface area contributed by atoms with Gasteiger partial charge in [-0.15, -0.1) is 0 Å². The van der Waals surface area contributed by atoms with Crippen LogP contribution in [-0.2, 0) is 4.79 Å². The van der Waals surface area contributed by atoms with Gasteiger partial charge in [0.1, 0.15) is 5.54 Å². The molecule has 2 rings (SSSR count). The molecule has 0 aromatic heterocycles. The standard InChI is InChI=1S/C10H16N2O2/c1-2-7-5-3-4-6-10(7)8(13)11-9(14)12-10/h7H,2-6H2,1H3,(H2,11,12,13,14). The van der Waals surface area contributed by atoms with E-state index in [0.29, 0.717) is 5.92 Å². The van der Waals surface area contributed by atoms with E-state index in [-0.39, 0.29) is 11.9 Å². The van der Waals surface area contributed by atoms with Gasteiger partial charge in [-0.25, -0.2) is 4.79 Å². The summed E-state index contributed by atoms with van der Waals surface area (Å²) in [6.07, 6.45) is 4.99. The largest absolute Gasteiger partial charge is 0.323 e.